The summed E-state index contributed by atoms with van der Waals surface area (Å²) in [5, 5.41) is 15.0. The van der Waals surface area contributed by atoms with E-state index in [1.807, 2.05) is 0 Å². The summed E-state index contributed by atoms with van der Waals surface area (Å²) >= 11 is 0. The molecule has 26 rings (SSSR count). The van der Waals surface area contributed by atoms with Crippen molar-refractivity contribution in [1.29, 1.82) is 0 Å². The second kappa shape index (κ2) is 33.9. The maximum Gasteiger partial charge on any atom is 0.0714 e. The van der Waals surface area contributed by atoms with Gasteiger partial charge in [0.1, 0.15) is 0 Å². The van der Waals surface area contributed by atoms with Gasteiger partial charge < -0.3 is 18.9 Å². The third-order valence-corrected chi connectivity index (χ3v) is 28.1. The largest absolute Gasteiger partial charge is 0.311 e. The van der Waals surface area contributed by atoms with Gasteiger partial charge in [-0.1, -0.05) is 400 Å². The summed E-state index contributed by atoms with van der Waals surface area (Å²) in [6.45, 7) is 2.14. The number of hydrogen-bond donors (Lipinski definition) is 0. The lowest BCUT2D eigenvalue weighted by molar-refractivity contribution is 0.768. The summed E-state index contributed by atoms with van der Waals surface area (Å²) in [7, 11) is 0. The maximum atomic E-state index is 2.47. The number of para-hydroxylation sites is 4. The summed E-state index contributed by atoms with van der Waals surface area (Å²) in [4.78, 5) is 4.81. The van der Waals surface area contributed by atoms with Gasteiger partial charge in [-0.25, -0.2) is 0 Å². The number of anilines is 6. The Morgan fingerprint density at radius 2 is 0.426 bits per heavy atom. The smallest absolute Gasteiger partial charge is 0.0714 e. The fourth-order valence-corrected chi connectivity index (χ4v) is 22.0. The molecule has 0 saturated heterocycles. The van der Waals surface area contributed by atoms with Crippen molar-refractivity contribution < 1.29 is 0 Å². The van der Waals surface area contributed by atoms with Gasteiger partial charge >= 0.3 is 0 Å². The molecule has 0 saturated carbocycles. The molecule has 1 aliphatic rings. The van der Waals surface area contributed by atoms with Gasteiger partial charge in [0, 0.05) is 67.0 Å². The van der Waals surface area contributed by atoms with Crippen LogP contribution in [0.3, 0.4) is 0 Å². The van der Waals surface area contributed by atoms with Crippen LogP contribution >= 0.6 is 0 Å². The van der Waals surface area contributed by atoms with E-state index in [0.717, 1.165) is 45.4 Å². The van der Waals surface area contributed by atoms with Crippen LogP contribution in [0.4, 0.5) is 34.1 Å². The molecule has 136 heavy (non-hydrogen) atoms. The van der Waals surface area contributed by atoms with Crippen LogP contribution in [0, 0.1) is 6.92 Å². The predicted molar refractivity (Wildman–Crippen MR) is 576 cm³/mol. The van der Waals surface area contributed by atoms with Gasteiger partial charge in [-0.3, -0.25) is 0 Å². The van der Waals surface area contributed by atoms with Crippen molar-refractivity contribution in [3.63, 3.8) is 0 Å². The van der Waals surface area contributed by atoms with Gasteiger partial charge in [0.25, 0.3) is 0 Å². The summed E-state index contributed by atoms with van der Waals surface area (Å²) in [6, 6.07) is 194. The van der Waals surface area contributed by atoms with E-state index in [4.69, 9.17) is 0 Å². The van der Waals surface area contributed by atoms with E-state index in [-0.39, 0.29) is 0 Å². The van der Waals surface area contributed by atoms with Crippen molar-refractivity contribution in [2.45, 2.75) is 12.3 Å². The first-order chi connectivity index (χ1) is 67.4. The van der Waals surface area contributed by atoms with Crippen LogP contribution in [0.15, 0.2) is 528 Å². The van der Waals surface area contributed by atoms with Crippen LogP contribution in [-0.4, -0.2) is 9.13 Å². The fraction of sp³-hybridized carbons (Fsp3) is 0.0152. The van der Waals surface area contributed by atoms with E-state index in [1.54, 1.807) is 0 Å². The second-order valence-corrected chi connectivity index (χ2v) is 35.7. The first kappa shape index (κ1) is 80.4. The Bertz CT molecular complexity index is 8680. The Balaban J connectivity index is 0.000000150. The minimum atomic E-state index is -0.542. The lowest BCUT2D eigenvalue weighted by Gasteiger charge is -2.35. The van der Waals surface area contributed by atoms with E-state index in [2.05, 4.69) is 554 Å². The number of benzene rings is 23. The normalized spacial score (nSPS) is 12.1. The molecule has 25 aromatic rings. The average Bonchev–Trinajstić information content (AvgIpc) is 1.53. The molecule has 0 unspecified atom stereocenters. The maximum absolute atomic E-state index is 2.47. The summed E-state index contributed by atoms with van der Waals surface area (Å²) in [6.07, 6.45) is 0. The Labute approximate surface area is 791 Å². The van der Waals surface area contributed by atoms with Crippen molar-refractivity contribution in [3.8, 4) is 89.3 Å². The SMILES string of the molecule is Cc1ccc(N(c2ccc(-c3ccc4c(c3)c3ccccc3n4-c3ccccc3)cc2)c2ccc(-c3c4ccccc4c(-c4ccccc4)c4ccccc34)cc2)cc1.c1ccc(-c2c3ccccc3c(-c3ccc(N(c4ccc(-c5ccc6c(c5)c5ccccc5n6-c5ccccc5)cc4)c4ccc5c(c4)C(c4ccccc4)(c4ccccc4)c4ccccc4-5)cc3)c3ccccc23)cc1. The van der Waals surface area contributed by atoms with Gasteiger partial charge in [0.05, 0.1) is 27.5 Å². The molecule has 0 fully saturated rings. The highest BCUT2D eigenvalue weighted by atomic mass is 15.1. The lowest BCUT2D eigenvalue weighted by Crippen LogP contribution is -2.28. The summed E-state index contributed by atoms with van der Waals surface area (Å²) in [5.74, 6) is 0. The molecule has 0 spiro atoms. The molecule has 23 aromatic carbocycles. The van der Waals surface area contributed by atoms with E-state index in [1.165, 1.54) is 193 Å². The zero-order chi connectivity index (χ0) is 90.2. The molecule has 1 aliphatic carbocycles. The van der Waals surface area contributed by atoms with Crippen LogP contribution < -0.4 is 9.80 Å². The van der Waals surface area contributed by atoms with Gasteiger partial charge in [-0.2, -0.15) is 0 Å². The Hall–Kier alpha value is -17.7. The molecule has 0 radical (unpaired) electrons. The number of aryl methyl sites for hydroxylation is 1. The predicted octanol–water partition coefficient (Wildman–Crippen LogP) is 35.8. The van der Waals surface area contributed by atoms with Crippen molar-refractivity contribution in [1.82, 2.24) is 9.13 Å². The minimum Gasteiger partial charge on any atom is -0.311 e. The first-order valence-corrected chi connectivity index (χ1v) is 47.0. The Kier molecular flexibility index (Phi) is 20.0. The van der Waals surface area contributed by atoms with E-state index in [9.17, 15) is 0 Å². The summed E-state index contributed by atoms with van der Waals surface area (Å²) in [5.41, 5.74) is 36.6. The van der Waals surface area contributed by atoms with Crippen LogP contribution in [0.2, 0.25) is 0 Å². The molecule has 638 valence electrons. The van der Waals surface area contributed by atoms with Gasteiger partial charge in [0.2, 0.25) is 0 Å². The topological polar surface area (TPSA) is 16.3 Å². The molecule has 2 heterocycles. The van der Waals surface area contributed by atoms with Crippen LogP contribution in [0.5, 0.6) is 0 Å². The van der Waals surface area contributed by atoms with Crippen molar-refractivity contribution in [3.05, 3.63) is 556 Å². The highest BCUT2D eigenvalue weighted by Crippen LogP contribution is 2.58. The van der Waals surface area contributed by atoms with E-state index in [0.29, 0.717) is 0 Å². The van der Waals surface area contributed by atoms with Crippen LogP contribution in [0.1, 0.15) is 27.8 Å². The third-order valence-electron chi connectivity index (χ3n) is 28.1. The van der Waals surface area contributed by atoms with Gasteiger partial charge in [-0.05, 0) is 284 Å². The molecule has 0 aliphatic heterocycles. The number of fused-ring (bicyclic) bond motifs is 13. The minimum absolute atomic E-state index is 0.542. The van der Waals surface area contributed by atoms with Crippen molar-refractivity contribution >= 4 is 121 Å². The standard InChI is InChI=1S/C75H50N2.C57H40N2/c1-5-21-52(22-6-1)73-64-31-13-15-33-66(64)74(67-34-16-14-32-65(67)73)53-39-44-59(45-40-53)76(58-42-37-51(38-43-58)54-41-48-72-68(49-54)63-30-18-20-36-71(63)77(72)57-27-11-4-12-28-57)60-46-47-62-61-29-17-19-35-69(61)75(70(62)50-60,55-23-7-2-8-24-55)56-25-9-3-10-26-56;1-39-24-31-45(32-25-39)58(46-33-26-40(27-34-46)43-30-37-55-53(38-43)48-18-12-13-23-54(48)59(55)44-16-6-3-7-17-44)47-35-28-42(29-36-47)57-51-21-10-8-19-49(51)56(41-14-4-2-5-15-41)50-20-9-11-22-52(50)57/h1-50H;2-38H,1H3. The molecule has 0 amide bonds. The molecular formula is C132H90N4. The number of rotatable bonds is 16. The number of aromatic nitrogens is 2. The summed E-state index contributed by atoms with van der Waals surface area (Å²) < 4.78 is 4.75. The van der Waals surface area contributed by atoms with Crippen molar-refractivity contribution in [2.75, 3.05) is 9.80 Å². The third kappa shape index (κ3) is 13.7. The Morgan fingerprint density at radius 1 is 0.169 bits per heavy atom. The molecule has 0 bridgehead atoms. The molecule has 4 nitrogen and oxygen atoms in total. The monoisotopic (exact) mass is 1730 g/mol. The highest BCUT2D eigenvalue weighted by molar-refractivity contribution is 6.23. The average molecular weight is 1730 g/mol. The highest BCUT2D eigenvalue weighted by Gasteiger charge is 2.46. The second-order valence-electron chi connectivity index (χ2n) is 35.7. The van der Waals surface area contributed by atoms with E-state index < -0.39 is 5.41 Å². The molecule has 0 N–H and O–H groups in total. The Morgan fingerprint density at radius 3 is 0.794 bits per heavy atom. The van der Waals surface area contributed by atoms with Crippen LogP contribution in [0.25, 0.3) is 176 Å². The van der Waals surface area contributed by atoms with Crippen LogP contribution in [-0.2, 0) is 5.41 Å². The fourth-order valence-electron chi connectivity index (χ4n) is 22.0. The van der Waals surface area contributed by atoms with Crippen molar-refractivity contribution in [2.24, 2.45) is 0 Å². The molecule has 0 atom stereocenters. The quantitative estimate of drug-likeness (QED) is 0.0897. The first-order valence-electron chi connectivity index (χ1n) is 47.0. The zero-order valence-corrected chi connectivity index (χ0v) is 75.0. The molecule has 4 heteroatoms. The van der Waals surface area contributed by atoms with Gasteiger partial charge in [-0.15, -0.1) is 0 Å². The zero-order valence-electron chi connectivity index (χ0n) is 75.0. The van der Waals surface area contributed by atoms with E-state index >= 15 is 0 Å². The van der Waals surface area contributed by atoms with Gasteiger partial charge in [0.15, 0.2) is 0 Å². The number of hydrogen-bond acceptors (Lipinski definition) is 2. The number of nitrogens with zero attached hydrogens (tertiary/aromatic N) is 4. The molecule has 2 aromatic heterocycles. The molecular weight excluding hydrogens is 1640 g/mol. The lowest BCUT2D eigenvalue weighted by atomic mass is 9.67.